The van der Waals surface area contributed by atoms with Crippen LogP contribution in [0.2, 0.25) is 0 Å². The van der Waals surface area contributed by atoms with Crippen molar-refractivity contribution >= 4 is 52.6 Å². The number of nitrogens with zero attached hydrogens (tertiary/aromatic N) is 1. The SMILES string of the molecule is COc1ccccc1-c1ccc(C=C(NC(=O)c2ccccc2)C(=O)Nc2ccc(SCC(=O)N(c3ccccc3)c3ccccc3)cc2)o1. The molecule has 0 fully saturated rings. The van der Waals surface area contributed by atoms with Gasteiger partial charge in [0.25, 0.3) is 11.8 Å². The van der Waals surface area contributed by atoms with Gasteiger partial charge in [-0.05, 0) is 84.9 Å². The van der Waals surface area contributed by atoms with E-state index in [2.05, 4.69) is 10.6 Å². The van der Waals surface area contributed by atoms with E-state index in [1.165, 1.54) is 17.8 Å². The summed E-state index contributed by atoms with van der Waals surface area (Å²) in [5.41, 5.74) is 3.23. The van der Waals surface area contributed by atoms with Crippen molar-refractivity contribution in [2.45, 2.75) is 4.90 Å². The number of ether oxygens (including phenoxy) is 1. The van der Waals surface area contributed by atoms with Gasteiger partial charge in [-0.25, -0.2) is 0 Å². The van der Waals surface area contributed by atoms with E-state index in [-0.39, 0.29) is 17.4 Å². The molecule has 2 N–H and O–H groups in total. The number of methoxy groups -OCH3 is 1. The standard InChI is InChI=1S/C41H33N3O5S/c1-48-37-20-12-11-19-35(37)38-26-23-33(49-38)27-36(43-40(46)29-13-5-2-6-14-29)41(47)42-30-21-24-34(25-22-30)50-28-39(45)44(31-15-7-3-8-16-31)32-17-9-4-10-18-32/h2-27H,28H2,1H3,(H,42,47)(H,43,46). The molecule has 5 aromatic carbocycles. The summed E-state index contributed by atoms with van der Waals surface area (Å²) in [5, 5.41) is 5.60. The van der Waals surface area contributed by atoms with Gasteiger partial charge in [-0.2, -0.15) is 0 Å². The van der Waals surface area contributed by atoms with Crippen molar-refractivity contribution in [1.82, 2.24) is 5.32 Å². The molecule has 0 unspecified atom stereocenters. The molecule has 0 radical (unpaired) electrons. The van der Waals surface area contributed by atoms with E-state index in [1.54, 1.807) is 60.5 Å². The average molecular weight is 680 g/mol. The molecule has 0 aliphatic rings. The number of rotatable bonds is 12. The van der Waals surface area contributed by atoms with Crippen molar-refractivity contribution in [3.8, 4) is 17.1 Å². The normalized spacial score (nSPS) is 11.0. The molecule has 0 aliphatic carbocycles. The van der Waals surface area contributed by atoms with Crippen molar-refractivity contribution in [2.75, 3.05) is 23.1 Å². The van der Waals surface area contributed by atoms with E-state index in [0.29, 0.717) is 28.5 Å². The lowest BCUT2D eigenvalue weighted by Crippen LogP contribution is -2.30. The summed E-state index contributed by atoms with van der Waals surface area (Å²) in [6.45, 7) is 0. The Hall–Kier alpha value is -6.32. The molecule has 6 rings (SSSR count). The third-order valence-corrected chi connectivity index (χ3v) is 8.56. The Kier molecular flexibility index (Phi) is 10.9. The zero-order valence-corrected chi connectivity index (χ0v) is 27.9. The lowest BCUT2D eigenvalue weighted by Gasteiger charge is -2.23. The fourth-order valence-corrected chi connectivity index (χ4v) is 5.89. The van der Waals surface area contributed by atoms with Crippen LogP contribution in [0.1, 0.15) is 16.1 Å². The summed E-state index contributed by atoms with van der Waals surface area (Å²) < 4.78 is 11.5. The van der Waals surface area contributed by atoms with Crippen LogP contribution in [0.3, 0.4) is 0 Å². The van der Waals surface area contributed by atoms with E-state index in [4.69, 9.17) is 9.15 Å². The maximum atomic E-state index is 13.6. The van der Waals surface area contributed by atoms with Gasteiger partial charge in [-0.1, -0.05) is 66.7 Å². The second-order valence-electron chi connectivity index (χ2n) is 10.9. The molecule has 0 aliphatic heterocycles. The van der Waals surface area contributed by atoms with Crippen molar-refractivity contribution in [2.24, 2.45) is 0 Å². The number of thioether (sulfide) groups is 1. The van der Waals surface area contributed by atoms with Crippen LogP contribution in [0, 0.1) is 0 Å². The minimum absolute atomic E-state index is 0.00857. The number of hydrogen-bond acceptors (Lipinski definition) is 6. The second-order valence-corrected chi connectivity index (χ2v) is 12.0. The van der Waals surface area contributed by atoms with Gasteiger partial charge < -0.3 is 19.8 Å². The van der Waals surface area contributed by atoms with Crippen molar-refractivity contribution in [3.05, 3.63) is 169 Å². The summed E-state index contributed by atoms with van der Waals surface area (Å²) in [4.78, 5) is 42.7. The molecule has 0 spiro atoms. The Bertz CT molecular complexity index is 2060. The van der Waals surface area contributed by atoms with Gasteiger partial charge in [0.1, 0.15) is 23.0 Å². The number of hydrogen-bond donors (Lipinski definition) is 2. The minimum Gasteiger partial charge on any atom is -0.496 e. The molecule has 1 aromatic heterocycles. The average Bonchev–Trinajstić information content (AvgIpc) is 3.64. The third-order valence-electron chi connectivity index (χ3n) is 7.57. The van der Waals surface area contributed by atoms with Gasteiger partial charge in [0.2, 0.25) is 5.91 Å². The quantitative estimate of drug-likeness (QED) is 0.0991. The molecule has 3 amide bonds. The van der Waals surface area contributed by atoms with Crippen molar-refractivity contribution in [1.29, 1.82) is 0 Å². The van der Waals surface area contributed by atoms with Gasteiger partial charge in [-0.3, -0.25) is 19.3 Å². The van der Waals surface area contributed by atoms with Gasteiger partial charge in [0.05, 0.1) is 18.4 Å². The number of carbonyl (C=O) groups excluding carboxylic acids is 3. The molecular weight excluding hydrogens is 647 g/mol. The van der Waals surface area contributed by atoms with Gasteiger partial charge >= 0.3 is 0 Å². The van der Waals surface area contributed by atoms with Crippen LogP contribution < -0.4 is 20.3 Å². The number of furan rings is 1. The van der Waals surface area contributed by atoms with E-state index in [0.717, 1.165) is 21.8 Å². The second kappa shape index (κ2) is 16.2. The Balaban J connectivity index is 1.16. The maximum absolute atomic E-state index is 13.6. The zero-order chi connectivity index (χ0) is 34.7. The highest BCUT2D eigenvalue weighted by molar-refractivity contribution is 8.00. The Morgan fingerprint density at radius 1 is 0.720 bits per heavy atom. The van der Waals surface area contributed by atoms with Crippen LogP contribution in [0.15, 0.2) is 167 Å². The van der Waals surface area contributed by atoms with Crippen LogP contribution in [0.4, 0.5) is 17.1 Å². The predicted octanol–water partition coefficient (Wildman–Crippen LogP) is 8.82. The highest BCUT2D eigenvalue weighted by atomic mass is 32.2. The molecule has 50 heavy (non-hydrogen) atoms. The zero-order valence-electron chi connectivity index (χ0n) is 27.1. The number of benzene rings is 5. The van der Waals surface area contributed by atoms with Crippen LogP contribution >= 0.6 is 11.8 Å². The van der Waals surface area contributed by atoms with Crippen molar-refractivity contribution in [3.63, 3.8) is 0 Å². The number of para-hydroxylation sites is 3. The van der Waals surface area contributed by atoms with Crippen molar-refractivity contribution < 1.29 is 23.5 Å². The first kappa shape index (κ1) is 33.6. The molecule has 9 heteroatoms. The monoisotopic (exact) mass is 679 g/mol. The molecular formula is C41H33N3O5S. The number of carbonyl (C=O) groups is 3. The van der Waals surface area contributed by atoms with Crippen LogP contribution in [0.5, 0.6) is 5.75 Å². The van der Waals surface area contributed by atoms with E-state index in [1.807, 2.05) is 103 Å². The first-order valence-electron chi connectivity index (χ1n) is 15.8. The van der Waals surface area contributed by atoms with Gasteiger partial charge in [0, 0.05) is 33.6 Å². The number of anilines is 3. The largest absolute Gasteiger partial charge is 0.496 e. The van der Waals surface area contributed by atoms with Gasteiger partial charge in [-0.15, -0.1) is 11.8 Å². The summed E-state index contributed by atoms with van der Waals surface area (Å²) in [6, 6.07) is 45.8. The topological polar surface area (TPSA) is 101 Å². The molecule has 6 aromatic rings. The van der Waals surface area contributed by atoms with Crippen LogP contribution in [0.25, 0.3) is 17.4 Å². The minimum atomic E-state index is -0.540. The molecule has 0 saturated carbocycles. The molecule has 0 bridgehead atoms. The summed E-state index contributed by atoms with van der Waals surface area (Å²) >= 11 is 1.40. The number of nitrogens with one attached hydrogen (secondary N) is 2. The lowest BCUT2D eigenvalue weighted by atomic mass is 10.1. The smallest absolute Gasteiger partial charge is 0.272 e. The summed E-state index contributed by atoms with van der Waals surface area (Å²) in [5.74, 6) is 0.699. The first-order valence-corrected chi connectivity index (χ1v) is 16.8. The third kappa shape index (κ3) is 8.39. The first-order chi connectivity index (χ1) is 24.5. The summed E-state index contributed by atoms with van der Waals surface area (Å²) in [7, 11) is 1.58. The maximum Gasteiger partial charge on any atom is 0.272 e. The molecule has 0 atom stereocenters. The molecule has 248 valence electrons. The molecule has 0 saturated heterocycles. The predicted molar refractivity (Wildman–Crippen MR) is 198 cm³/mol. The van der Waals surface area contributed by atoms with E-state index >= 15 is 0 Å². The summed E-state index contributed by atoms with van der Waals surface area (Å²) in [6.07, 6.45) is 1.48. The van der Waals surface area contributed by atoms with E-state index < -0.39 is 11.8 Å². The van der Waals surface area contributed by atoms with E-state index in [9.17, 15) is 14.4 Å². The Morgan fingerprint density at radius 2 is 1.32 bits per heavy atom. The highest BCUT2D eigenvalue weighted by Gasteiger charge is 2.19. The Labute approximate surface area is 294 Å². The number of amides is 3. The fraction of sp³-hybridized carbons (Fsp3) is 0.0488. The Morgan fingerprint density at radius 3 is 1.96 bits per heavy atom. The molecule has 8 nitrogen and oxygen atoms in total. The van der Waals surface area contributed by atoms with Gasteiger partial charge in [0.15, 0.2) is 0 Å². The van der Waals surface area contributed by atoms with Crippen LogP contribution in [-0.4, -0.2) is 30.6 Å². The highest BCUT2D eigenvalue weighted by Crippen LogP contribution is 2.32. The van der Waals surface area contributed by atoms with Crippen LogP contribution in [-0.2, 0) is 9.59 Å². The lowest BCUT2D eigenvalue weighted by molar-refractivity contribution is -0.115. The fourth-order valence-electron chi connectivity index (χ4n) is 5.14. The molecule has 1 heterocycles.